The monoisotopic (exact) mass is 307 g/mol. The van der Waals surface area contributed by atoms with Crippen molar-refractivity contribution in [2.24, 2.45) is 0 Å². The van der Waals surface area contributed by atoms with Gasteiger partial charge in [-0.25, -0.2) is 0 Å². The Morgan fingerprint density at radius 1 is 1.00 bits per heavy atom. The van der Waals surface area contributed by atoms with Crippen LogP contribution >= 0.6 is 23.2 Å². The SMILES string of the molecule is CNC(Cc1ccc(Cl)c(Cl)c1)c1cc(C)ccc1C. The molecule has 1 unspecified atom stereocenters. The van der Waals surface area contributed by atoms with Crippen LogP contribution in [0.1, 0.15) is 28.3 Å². The third-order valence-electron chi connectivity index (χ3n) is 3.58. The Hall–Kier alpha value is -1.02. The van der Waals surface area contributed by atoms with E-state index in [-0.39, 0.29) is 6.04 Å². The third-order valence-corrected chi connectivity index (χ3v) is 4.32. The predicted octanol–water partition coefficient (Wildman–Crippen LogP) is 5.11. The fourth-order valence-corrected chi connectivity index (χ4v) is 2.73. The normalized spacial score (nSPS) is 12.4. The van der Waals surface area contributed by atoms with Gasteiger partial charge in [-0.15, -0.1) is 0 Å². The molecule has 3 heteroatoms. The van der Waals surface area contributed by atoms with Gasteiger partial charge in [-0.3, -0.25) is 0 Å². The zero-order valence-corrected chi connectivity index (χ0v) is 13.5. The second kappa shape index (κ2) is 6.62. The molecule has 0 radical (unpaired) electrons. The molecule has 0 saturated heterocycles. The lowest BCUT2D eigenvalue weighted by atomic mass is 9.94. The maximum absolute atomic E-state index is 6.09. The van der Waals surface area contributed by atoms with Gasteiger partial charge in [0.25, 0.3) is 0 Å². The van der Waals surface area contributed by atoms with E-state index in [1.165, 1.54) is 22.3 Å². The van der Waals surface area contributed by atoms with Gasteiger partial charge in [-0.2, -0.15) is 0 Å². The zero-order valence-electron chi connectivity index (χ0n) is 12.0. The Morgan fingerprint density at radius 2 is 1.75 bits per heavy atom. The van der Waals surface area contributed by atoms with Gasteiger partial charge in [-0.1, -0.05) is 53.0 Å². The van der Waals surface area contributed by atoms with Crippen LogP contribution in [0, 0.1) is 13.8 Å². The molecule has 0 spiro atoms. The maximum Gasteiger partial charge on any atom is 0.0595 e. The van der Waals surface area contributed by atoms with Crippen molar-refractivity contribution in [1.82, 2.24) is 5.32 Å². The number of benzene rings is 2. The van der Waals surface area contributed by atoms with Crippen LogP contribution in [0.15, 0.2) is 36.4 Å². The number of hydrogen-bond acceptors (Lipinski definition) is 1. The Morgan fingerprint density at radius 3 is 2.40 bits per heavy atom. The summed E-state index contributed by atoms with van der Waals surface area (Å²) in [7, 11) is 1.99. The summed E-state index contributed by atoms with van der Waals surface area (Å²) < 4.78 is 0. The molecule has 1 nitrogen and oxygen atoms in total. The number of aryl methyl sites for hydroxylation is 2. The largest absolute Gasteiger partial charge is 0.313 e. The van der Waals surface area contributed by atoms with Gasteiger partial charge in [-0.05, 0) is 56.1 Å². The fraction of sp³-hybridized carbons (Fsp3) is 0.294. The Kier molecular flexibility index (Phi) is 5.09. The molecule has 0 fully saturated rings. The number of nitrogens with one attached hydrogen (secondary N) is 1. The van der Waals surface area contributed by atoms with E-state index in [0.717, 1.165) is 6.42 Å². The van der Waals surface area contributed by atoms with Crippen molar-refractivity contribution in [3.05, 3.63) is 68.7 Å². The van der Waals surface area contributed by atoms with Crippen LogP contribution in [0.3, 0.4) is 0 Å². The lowest BCUT2D eigenvalue weighted by molar-refractivity contribution is 0.588. The molecule has 2 aromatic rings. The van der Waals surface area contributed by atoms with Crippen molar-refractivity contribution >= 4 is 23.2 Å². The molecule has 0 saturated carbocycles. The smallest absolute Gasteiger partial charge is 0.0595 e. The van der Waals surface area contributed by atoms with Gasteiger partial charge in [0.2, 0.25) is 0 Å². The van der Waals surface area contributed by atoms with Crippen LogP contribution in [-0.4, -0.2) is 7.05 Å². The highest BCUT2D eigenvalue weighted by Crippen LogP contribution is 2.27. The molecule has 0 aliphatic heterocycles. The summed E-state index contributed by atoms with van der Waals surface area (Å²) in [5, 5.41) is 4.60. The van der Waals surface area contributed by atoms with Gasteiger partial charge in [0.15, 0.2) is 0 Å². The summed E-state index contributed by atoms with van der Waals surface area (Å²) in [4.78, 5) is 0. The van der Waals surface area contributed by atoms with Crippen LogP contribution in [0.2, 0.25) is 10.0 Å². The number of halogens is 2. The van der Waals surface area contributed by atoms with Crippen molar-refractivity contribution in [1.29, 1.82) is 0 Å². The van der Waals surface area contributed by atoms with E-state index < -0.39 is 0 Å². The highest BCUT2D eigenvalue weighted by molar-refractivity contribution is 6.42. The molecule has 0 aliphatic rings. The van der Waals surface area contributed by atoms with Crippen LogP contribution < -0.4 is 5.32 Å². The van der Waals surface area contributed by atoms with Crippen molar-refractivity contribution in [3.63, 3.8) is 0 Å². The van der Waals surface area contributed by atoms with E-state index in [1.54, 1.807) is 0 Å². The molecular weight excluding hydrogens is 289 g/mol. The lowest BCUT2D eigenvalue weighted by Crippen LogP contribution is -2.20. The average Bonchev–Trinajstić information content (AvgIpc) is 2.43. The van der Waals surface area contributed by atoms with E-state index in [0.29, 0.717) is 10.0 Å². The van der Waals surface area contributed by atoms with E-state index in [9.17, 15) is 0 Å². The van der Waals surface area contributed by atoms with Gasteiger partial charge in [0, 0.05) is 6.04 Å². The van der Waals surface area contributed by atoms with Crippen molar-refractivity contribution in [2.45, 2.75) is 26.3 Å². The predicted molar refractivity (Wildman–Crippen MR) is 87.9 cm³/mol. The minimum absolute atomic E-state index is 0.271. The molecule has 1 N–H and O–H groups in total. The molecule has 0 bridgehead atoms. The highest BCUT2D eigenvalue weighted by Gasteiger charge is 2.13. The molecule has 1 atom stereocenters. The van der Waals surface area contributed by atoms with Crippen LogP contribution in [0.4, 0.5) is 0 Å². The molecule has 2 rings (SSSR count). The van der Waals surface area contributed by atoms with E-state index in [4.69, 9.17) is 23.2 Å². The molecule has 2 aromatic carbocycles. The third kappa shape index (κ3) is 3.54. The van der Waals surface area contributed by atoms with Crippen molar-refractivity contribution in [2.75, 3.05) is 7.05 Å². The standard InChI is InChI=1S/C17H19Cl2N/c1-11-4-5-12(2)14(8-11)17(20-3)10-13-6-7-15(18)16(19)9-13/h4-9,17,20H,10H2,1-3H3. The summed E-state index contributed by atoms with van der Waals surface area (Å²) in [6, 6.07) is 12.7. The fourth-order valence-electron chi connectivity index (χ4n) is 2.41. The quantitative estimate of drug-likeness (QED) is 0.827. The van der Waals surface area contributed by atoms with E-state index in [2.05, 4.69) is 37.4 Å². The van der Waals surface area contributed by atoms with Gasteiger partial charge >= 0.3 is 0 Å². The molecular formula is C17H19Cl2N. The first kappa shape index (κ1) is 15.4. The number of rotatable bonds is 4. The van der Waals surface area contributed by atoms with Gasteiger partial charge in [0.05, 0.1) is 10.0 Å². The minimum atomic E-state index is 0.271. The minimum Gasteiger partial charge on any atom is -0.313 e. The second-order valence-corrected chi connectivity index (χ2v) is 5.97. The van der Waals surface area contributed by atoms with Crippen LogP contribution in [0.25, 0.3) is 0 Å². The molecule has 0 heterocycles. The molecule has 106 valence electrons. The van der Waals surface area contributed by atoms with Gasteiger partial charge < -0.3 is 5.32 Å². The highest BCUT2D eigenvalue weighted by atomic mass is 35.5. The molecule has 0 aliphatic carbocycles. The number of hydrogen-bond donors (Lipinski definition) is 1. The first-order valence-electron chi connectivity index (χ1n) is 6.69. The Labute approximate surface area is 130 Å². The van der Waals surface area contributed by atoms with E-state index in [1.807, 2.05) is 25.2 Å². The first-order chi connectivity index (χ1) is 9.51. The van der Waals surface area contributed by atoms with Crippen LogP contribution in [-0.2, 0) is 6.42 Å². The second-order valence-electron chi connectivity index (χ2n) is 5.15. The summed E-state index contributed by atoms with van der Waals surface area (Å²) in [6.07, 6.45) is 0.887. The number of likely N-dealkylation sites (N-methyl/N-ethyl adjacent to an activating group) is 1. The Bertz CT molecular complexity index is 608. The average molecular weight is 308 g/mol. The first-order valence-corrected chi connectivity index (χ1v) is 7.45. The van der Waals surface area contributed by atoms with Crippen molar-refractivity contribution in [3.8, 4) is 0 Å². The van der Waals surface area contributed by atoms with Crippen LogP contribution in [0.5, 0.6) is 0 Å². The zero-order chi connectivity index (χ0) is 14.7. The molecule has 0 aromatic heterocycles. The van der Waals surface area contributed by atoms with Crippen molar-refractivity contribution < 1.29 is 0 Å². The molecule has 20 heavy (non-hydrogen) atoms. The maximum atomic E-state index is 6.09. The summed E-state index contributed by atoms with van der Waals surface area (Å²) >= 11 is 12.1. The van der Waals surface area contributed by atoms with Gasteiger partial charge in [0.1, 0.15) is 0 Å². The summed E-state index contributed by atoms with van der Waals surface area (Å²) in [5.41, 5.74) is 5.09. The summed E-state index contributed by atoms with van der Waals surface area (Å²) in [6.45, 7) is 4.27. The Balaban J connectivity index is 2.28. The molecule has 0 amide bonds. The topological polar surface area (TPSA) is 12.0 Å². The summed E-state index contributed by atoms with van der Waals surface area (Å²) in [5.74, 6) is 0. The van der Waals surface area contributed by atoms with E-state index >= 15 is 0 Å². The lowest BCUT2D eigenvalue weighted by Gasteiger charge is -2.20.